The van der Waals surface area contributed by atoms with Crippen molar-refractivity contribution in [3.05, 3.63) is 70.8 Å². The number of carboxylic acid groups (broad SMARTS) is 1. The van der Waals surface area contributed by atoms with Crippen LogP contribution in [-0.4, -0.2) is 37.0 Å². The summed E-state index contributed by atoms with van der Waals surface area (Å²) in [6, 6.07) is 7.11. The van der Waals surface area contributed by atoms with Gasteiger partial charge in [-0.2, -0.15) is 13.2 Å². The van der Waals surface area contributed by atoms with Crippen LogP contribution in [0.1, 0.15) is 37.8 Å². The van der Waals surface area contributed by atoms with Gasteiger partial charge >= 0.3 is 12.1 Å². The third-order valence-corrected chi connectivity index (χ3v) is 4.04. The van der Waals surface area contributed by atoms with Gasteiger partial charge < -0.3 is 10.4 Å². The van der Waals surface area contributed by atoms with Gasteiger partial charge in [0, 0.05) is 11.9 Å². The molecule has 1 amide bonds. The van der Waals surface area contributed by atoms with Crippen LogP contribution in [0.5, 0.6) is 0 Å². The quantitative estimate of drug-likeness (QED) is 0.675. The standard InChI is InChI=1S/C18H14F3N5O3/c1-10-15(17(28)29)24-25-26(10)9-11-2-7-14(22-8-11)16(27)23-13-5-3-12(4-6-13)18(19,20)21/h2-8H,9H2,1H3,(H,23,27)(H,28,29). The van der Waals surface area contributed by atoms with E-state index in [-0.39, 0.29) is 23.6 Å². The van der Waals surface area contributed by atoms with Crippen LogP contribution >= 0.6 is 0 Å². The number of anilines is 1. The number of nitrogens with one attached hydrogen (secondary N) is 1. The lowest BCUT2D eigenvalue weighted by atomic mass is 10.2. The molecule has 0 saturated carbocycles. The number of hydrogen-bond donors (Lipinski definition) is 2. The molecule has 2 N–H and O–H groups in total. The fraction of sp³-hybridized carbons (Fsp3) is 0.167. The molecular weight excluding hydrogens is 391 g/mol. The largest absolute Gasteiger partial charge is 0.476 e. The van der Waals surface area contributed by atoms with E-state index in [4.69, 9.17) is 5.11 Å². The maximum atomic E-state index is 12.6. The Bertz CT molecular complexity index is 1040. The Balaban J connectivity index is 1.66. The van der Waals surface area contributed by atoms with E-state index >= 15 is 0 Å². The Morgan fingerprint density at radius 3 is 2.34 bits per heavy atom. The summed E-state index contributed by atoms with van der Waals surface area (Å²) in [5, 5.41) is 18.8. The van der Waals surface area contributed by atoms with Gasteiger partial charge in [0.25, 0.3) is 5.91 Å². The highest BCUT2D eigenvalue weighted by Crippen LogP contribution is 2.29. The molecule has 0 spiro atoms. The summed E-state index contributed by atoms with van der Waals surface area (Å²) in [5.74, 6) is -1.76. The number of alkyl halides is 3. The van der Waals surface area contributed by atoms with Crippen molar-refractivity contribution < 1.29 is 27.9 Å². The molecule has 2 aromatic heterocycles. The van der Waals surface area contributed by atoms with E-state index in [1.54, 1.807) is 13.0 Å². The molecule has 0 radical (unpaired) electrons. The SMILES string of the molecule is Cc1c(C(=O)O)nnn1Cc1ccc(C(=O)Nc2ccc(C(F)(F)F)cc2)nc1. The molecule has 11 heteroatoms. The van der Waals surface area contributed by atoms with Gasteiger partial charge in [0.05, 0.1) is 17.8 Å². The zero-order valence-corrected chi connectivity index (χ0v) is 14.9. The van der Waals surface area contributed by atoms with Gasteiger partial charge in [-0.3, -0.25) is 9.78 Å². The predicted octanol–water partition coefficient (Wildman–Crippen LogP) is 3.00. The van der Waals surface area contributed by atoms with E-state index in [9.17, 15) is 22.8 Å². The fourth-order valence-corrected chi connectivity index (χ4v) is 2.47. The number of benzene rings is 1. The molecule has 0 unspecified atom stereocenters. The molecule has 8 nitrogen and oxygen atoms in total. The Kier molecular flexibility index (Phi) is 5.31. The molecular formula is C18H14F3N5O3. The van der Waals surface area contributed by atoms with Gasteiger partial charge in [-0.1, -0.05) is 11.3 Å². The van der Waals surface area contributed by atoms with Crippen molar-refractivity contribution in [2.24, 2.45) is 0 Å². The van der Waals surface area contributed by atoms with Crippen molar-refractivity contribution in [2.45, 2.75) is 19.6 Å². The molecule has 3 rings (SSSR count). The van der Waals surface area contributed by atoms with Crippen LogP contribution in [0.25, 0.3) is 0 Å². The van der Waals surface area contributed by atoms with Gasteiger partial charge in [0.1, 0.15) is 5.69 Å². The topological polar surface area (TPSA) is 110 Å². The van der Waals surface area contributed by atoms with Crippen LogP contribution in [0, 0.1) is 6.92 Å². The number of carbonyl (C=O) groups excluding carboxylic acids is 1. The van der Waals surface area contributed by atoms with Crippen LogP contribution in [0.2, 0.25) is 0 Å². The number of aromatic nitrogens is 4. The average molecular weight is 405 g/mol. The second kappa shape index (κ2) is 7.70. The van der Waals surface area contributed by atoms with E-state index in [1.807, 2.05) is 0 Å². The van der Waals surface area contributed by atoms with E-state index < -0.39 is 23.6 Å². The molecule has 0 aliphatic carbocycles. The number of amides is 1. The zero-order valence-electron chi connectivity index (χ0n) is 14.9. The number of hydrogen-bond acceptors (Lipinski definition) is 5. The number of pyridine rings is 1. The van der Waals surface area contributed by atoms with Crippen LogP contribution in [0.15, 0.2) is 42.6 Å². The highest BCUT2D eigenvalue weighted by Gasteiger charge is 2.30. The molecule has 0 fully saturated rings. The molecule has 0 bridgehead atoms. The minimum Gasteiger partial charge on any atom is -0.476 e. The molecule has 0 atom stereocenters. The maximum Gasteiger partial charge on any atom is 0.416 e. The van der Waals surface area contributed by atoms with Crippen molar-refractivity contribution in [2.75, 3.05) is 5.32 Å². The van der Waals surface area contributed by atoms with E-state index in [0.717, 1.165) is 24.3 Å². The second-order valence-corrected chi connectivity index (χ2v) is 6.07. The number of aromatic carboxylic acids is 1. The van der Waals surface area contributed by atoms with Crippen molar-refractivity contribution in [1.29, 1.82) is 0 Å². The summed E-state index contributed by atoms with van der Waals surface area (Å²) >= 11 is 0. The van der Waals surface area contributed by atoms with Crippen molar-refractivity contribution >= 4 is 17.6 Å². The maximum absolute atomic E-state index is 12.6. The number of carbonyl (C=O) groups is 2. The Labute approximate surface area is 162 Å². The van der Waals surface area contributed by atoms with Gasteiger partial charge in [0.2, 0.25) is 0 Å². The first kappa shape index (κ1) is 20.0. The van der Waals surface area contributed by atoms with Gasteiger partial charge in [-0.25, -0.2) is 9.48 Å². The monoisotopic (exact) mass is 405 g/mol. The van der Waals surface area contributed by atoms with Gasteiger partial charge in [0.15, 0.2) is 5.69 Å². The Hall–Kier alpha value is -3.76. The first-order valence-electron chi connectivity index (χ1n) is 8.22. The lowest BCUT2D eigenvalue weighted by molar-refractivity contribution is -0.137. The van der Waals surface area contributed by atoms with Crippen LogP contribution in [0.3, 0.4) is 0 Å². The third-order valence-electron chi connectivity index (χ3n) is 4.04. The molecule has 29 heavy (non-hydrogen) atoms. The molecule has 0 saturated heterocycles. The fourth-order valence-electron chi connectivity index (χ4n) is 2.47. The summed E-state index contributed by atoms with van der Waals surface area (Å²) in [6.45, 7) is 1.78. The lowest BCUT2D eigenvalue weighted by Crippen LogP contribution is -2.14. The van der Waals surface area contributed by atoms with Crippen LogP contribution in [-0.2, 0) is 12.7 Å². The summed E-state index contributed by atoms with van der Waals surface area (Å²) in [6.07, 6.45) is -3.03. The summed E-state index contributed by atoms with van der Waals surface area (Å²) < 4.78 is 39.1. The van der Waals surface area contributed by atoms with E-state index in [2.05, 4.69) is 20.6 Å². The smallest absolute Gasteiger partial charge is 0.416 e. The lowest BCUT2D eigenvalue weighted by Gasteiger charge is -2.09. The van der Waals surface area contributed by atoms with Crippen molar-refractivity contribution in [1.82, 2.24) is 20.0 Å². The Morgan fingerprint density at radius 2 is 1.83 bits per heavy atom. The molecule has 150 valence electrons. The second-order valence-electron chi connectivity index (χ2n) is 6.07. The summed E-state index contributed by atoms with van der Waals surface area (Å²) in [7, 11) is 0. The zero-order chi connectivity index (χ0) is 21.2. The highest BCUT2D eigenvalue weighted by atomic mass is 19.4. The first-order chi connectivity index (χ1) is 13.6. The summed E-state index contributed by atoms with van der Waals surface area (Å²) in [4.78, 5) is 27.2. The molecule has 0 aliphatic heterocycles. The third kappa shape index (κ3) is 4.57. The normalized spacial score (nSPS) is 11.3. The highest BCUT2D eigenvalue weighted by molar-refractivity contribution is 6.02. The molecule has 2 heterocycles. The first-order valence-corrected chi connectivity index (χ1v) is 8.22. The van der Waals surface area contributed by atoms with Gasteiger partial charge in [-0.05, 0) is 42.8 Å². The average Bonchev–Trinajstić information content (AvgIpc) is 3.02. The van der Waals surface area contributed by atoms with Crippen molar-refractivity contribution in [3.8, 4) is 0 Å². The Morgan fingerprint density at radius 1 is 1.14 bits per heavy atom. The predicted molar refractivity (Wildman–Crippen MR) is 94.5 cm³/mol. The molecule has 3 aromatic rings. The van der Waals surface area contributed by atoms with Crippen molar-refractivity contribution in [3.63, 3.8) is 0 Å². The van der Waals surface area contributed by atoms with Crippen LogP contribution < -0.4 is 5.32 Å². The number of carboxylic acids is 1. The molecule has 1 aromatic carbocycles. The molecule has 0 aliphatic rings. The van der Waals surface area contributed by atoms with E-state index in [1.165, 1.54) is 16.9 Å². The number of halogens is 3. The number of rotatable bonds is 5. The van der Waals surface area contributed by atoms with Gasteiger partial charge in [-0.15, -0.1) is 5.10 Å². The van der Waals surface area contributed by atoms with E-state index in [0.29, 0.717) is 11.3 Å². The van der Waals surface area contributed by atoms with Crippen LogP contribution in [0.4, 0.5) is 18.9 Å². The number of nitrogens with zero attached hydrogens (tertiary/aromatic N) is 4. The minimum absolute atomic E-state index is 0.0650. The summed E-state index contributed by atoms with van der Waals surface area (Å²) in [5.41, 5.74) is 0.337. The minimum atomic E-state index is -4.45.